The van der Waals surface area contributed by atoms with Crippen molar-refractivity contribution in [3.63, 3.8) is 0 Å². The summed E-state index contributed by atoms with van der Waals surface area (Å²) in [5.41, 5.74) is 7.72. The van der Waals surface area contributed by atoms with Gasteiger partial charge in [0.05, 0.1) is 6.61 Å². The zero-order valence-corrected chi connectivity index (χ0v) is 14.0. The van der Waals surface area contributed by atoms with Crippen LogP contribution in [0.4, 0.5) is 5.69 Å². The minimum atomic E-state index is 0.777. The number of nitrogens with two attached hydrogens (primary N) is 1. The molecule has 0 heterocycles. The maximum absolute atomic E-state index is 5.81. The van der Waals surface area contributed by atoms with Crippen LogP contribution < -0.4 is 10.5 Å². The highest BCUT2D eigenvalue weighted by molar-refractivity contribution is 5.47. The fourth-order valence-corrected chi connectivity index (χ4v) is 2.54. The van der Waals surface area contributed by atoms with Gasteiger partial charge in [-0.1, -0.05) is 70.8 Å². The lowest BCUT2D eigenvalue weighted by atomic mass is 10.1. The van der Waals surface area contributed by atoms with Crippen LogP contribution in [-0.4, -0.2) is 6.61 Å². The topological polar surface area (TPSA) is 35.2 Å². The van der Waals surface area contributed by atoms with Crippen LogP contribution in [0.3, 0.4) is 0 Å². The van der Waals surface area contributed by atoms with E-state index >= 15 is 0 Å². The van der Waals surface area contributed by atoms with Gasteiger partial charge in [-0.25, -0.2) is 0 Å². The maximum atomic E-state index is 5.81. The van der Waals surface area contributed by atoms with E-state index in [1.54, 1.807) is 0 Å². The van der Waals surface area contributed by atoms with Gasteiger partial charge < -0.3 is 10.5 Å². The molecule has 0 aliphatic carbocycles. The maximum Gasteiger partial charge on any atom is 0.124 e. The molecule has 0 saturated heterocycles. The van der Waals surface area contributed by atoms with Gasteiger partial charge in [-0.05, 0) is 25.0 Å². The van der Waals surface area contributed by atoms with Crippen LogP contribution >= 0.6 is 0 Å². The molecule has 0 aromatic heterocycles. The van der Waals surface area contributed by atoms with Crippen molar-refractivity contribution in [2.75, 3.05) is 12.3 Å². The van der Waals surface area contributed by atoms with E-state index in [9.17, 15) is 0 Å². The van der Waals surface area contributed by atoms with Gasteiger partial charge in [0.25, 0.3) is 0 Å². The van der Waals surface area contributed by atoms with Crippen LogP contribution in [0.5, 0.6) is 5.75 Å². The molecule has 120 valence electrons. The molecule has 0 aliphatic rings. The third kappa shape index (κ3) is 8.64. The Hall–Kier alpha value is -1.18. The largest absolute Gasteiger partial charge is 0.493 e. The van der Waals surface area contributed by atoms with Gasteiger partial charge in [-0.3, -0.25) is 0 Å². The van der Waals surface area contributed by atoms with E-state index in [1.807, 2.05) is 18.2 Å². The lowest BCUT2D eigenvalue weighted by molar-refractivity contribution is 0.302. The van der Waals surface area contributed by atoms with Crippen LogP contribution in [0.2, 0.25) is 0 Å². The molecular weight excluding hydrogens is 258 g/mol. The minimum absolute atomic E-state index is 0.777. The molecule has 1 aromatic carbocycles. The van der Waals surface area contributed by atoms with Gasteiger partial charge in [-0.15, -0.1) is 0 Å². The average Bonchev–Trinajstić information content (AvgIpc) is 2.48. The van der Waals surface area contributed by atoms with Crippen LogP contribution in [0.15, 0.2) is 18.2 Å². The Morgan fingerprint density at radius 3 is 2.05 bits per heavy atom. The first-order valence-electron chi connectivity index (χ1n) is 8.73. The van der Waals surface area contributed by atoms with Gasteiger partial charge in [-0.2, -0.15) is 0 Å². The third-order valence-electron chi connectivity index (χ3n) is 3.97. The molecule has 21 heavy (non-hydrogen) atoms. The van der Waals surface area contributed by atoms with Gasteiger partial charge in [0, 0.05) is 11.8 Å². The fourth-order valence-electron chi connectivity index (χ4n) is 2.54. The second-order valence-corrected chi connectivity index (χ2v) is 6.06. The number of anilines is 1. The number of benzene rings is 1. The van der Waals surface area contributed by atoms with Crippen LogP contribution in [-0.2, 0) is 0 Å². The monoisotopic (exact) mass is 291 g/mol. The SMILES string of the molecule is CCCCCCCCCCCCOc1cc(N)ccc1C. The predicted molar refractivity (Wildman–Crippen MR) is 92.9 cm³/mol. The first-order chi connectivity index (χ1) is 10.2. The summed E-state index contributed by atoms with van der Waals surface area (Å²) < 4.78 is 5.81. The van der Waals surface area contributed by atoms with E-state index < -0.39 is 0 Å². The van der Waals surface area contributed by atoms with Crippen molar-refractivity contribution >= 4 is 5.69 Å². The van der Waals surface area contributed by atoms with Crippen molar-refractivity contribution in [3.8, 4) is 5.75 Å². The molecule has 0 bridgehead atoms. The summed E-state index contributed by atoms with van der Waals surface area (Å²) in [6.07, 6.45) is 13.5. The number of hydrogen-bond acceptors (Lipinski definition) is 2. The summed E-state index contributed by atoms with van der Waals surface area (Å²) in [7, 11) is 0. The third-order valence-corrected chi connectivity index (χ3v) is 3.97. The molecule has 0 spiro atoms. The first kappa shape index (κ1) is 17.9. The summed E-state index contributed by atoms with van der Waals surface area (Å²) in [5.74, 6) is 0.936. The second kappa shape index (κ2) is 11.5. The molecule has 0 saturated carbocycles. The van der Waals surface area contributed by atoms with Gasteiger partial charge in [0.2, 0.25) is 0 Å². The lowest BCUT2D eigenvalue weighted by Gasteiger charge is -2.09. The molecule has 1 rings (SSSR count). The zero-order chi connectivity index (χ0) is 15.3. The Kier molecular flexibility index (Phi) is 9.77. The zero-order valence-electron chi connectivity index (χ0n) is 14.0. The molecule has 1 aromatic rings. The Labute approximate surface area is 131 Å². The van der Waals surface area contributed by atoms with E-state index in [1.165, 1.54) is 57.8 Å². The Bertz CT molecular complexity index is 376. The second-order valence-electron chi connectivity index (χ2n) is 6.06. The normalized spacial score (nSPS) is 10.8. The molecular formula is C19H33NO. The van der Waals surface area contributed by atoms with Gasteiger partial charge >= 0.3 is 0 Å². The van der Waals surface area contributed by atoms with E-state index in [4.69, 9.17) is 10.5 Å². The van der Waals surface area contributed by atoms with Crippen LogP contribution in [0.25, 0.3) is 0 Å². The smallest absolute Gasteiger partial charge is 0.124 e. The standard InChI is InChI=1S/C19H33NO/c1-3-4-5-6-7-8-9-10-11-12-15-21-19-16-18(20)14-13-17(19)2/h13-14,16H,3-12,15,20H2,1-2H3. The Morgan fingerprint density at radius 1 is 0.857 bits per heavy atom. The lowest BCUT2D eigenvalue weighted by Crippen LogP contribution is -1.99. The number of nitrogen functional groups attached to an aromatic ring is 1. The molecule has 2 heteroatoms. The van der Waals surface area contributed by atoms with Gasteiger partial charge in [0.15, 0.2) is 0 Å². The van der Waals surface area contributed by atoms with Crippen molar-refractivity contribution in [3.05, 3.63) is 23.8 Å². The van der Waals surface area contributed by atoms with Crippen molar-refractivity contribution in [1.82, 2.24) is 0 Å². The molecule has 0 unspecified atom stereocenters. The van der Waals surface area contributed by atoms with Crippen molar-refractivity contribution in [2.24, 2.45) is 0 Å². The number of rotatable bonds is 12. The molecule has 0 atom stereocenters. The van der Waals surface area contributed by atoms with E-state index in [-0.39, 0.29) is 0 Å². The quantitative estimate of drug-likeness (QED) is 0.385. The predicted octanol–water partition coefficient (Wildman–Crippen LogP) is 5.88. The van der Waals surface area contributed by atoms with Crippen LogP contribution in [0.1, 0.15) is 76.7 Å². The van der Waals surface area contributed by atoms with E-state index in [0.717, 1.165) is 30.0 Å². The Balaban J connectivity index is 1.94. The highest BCUT2D eigenvalue weighted by Crippen LogP contribution is 2.21. The average molecular weight is 291 g/mol. The number of ether oxygens (including phenoxy) is 1. The van der Waals surface area contributed by atoms with Crippen molar-refractivity contribution < 1.29 is 4.74 Å². The molecule has 2 nitrogen and oxygen atoms in total. The van der Waals surface area contributed by atoms with Crippen LogP contribution in [0, 0.1) is 6.92 Å². The number of hydrogen-bond donors (Lipinski definition) is 1. The molecule has 0 radical (unpaired) electrons. The fraction of sp³-hybridized carbons (Fsp3) is 0.684. The van der Waals surface area contributed by atoms with Crippen molar-refractivity contribution in [1.29, 1.82) is 0 Å². The number of aryl methyl sites for hydroxylation is 1. The molecule has 2 N–H and O–H groups in total. The summed E-state index contributed by atoms with van der Waals surface area (Å²) in [6, 6.07) is 5.86. The van der Waals surface area contributed by atoms with Gasteiger partial charge in [0.1, 0.15) is 5.75 Å². The highest BCUT2D eigenvalue weighted by Gasteiger charge is 2.00. The summed E-state index contributed by atoms with van der Waals surface area (Å²) >= 11 is 0. The first-order valence-corrected chi connectivity index (χ1v) is 8.73. The molecule has 0 amide bonds. The summed E-state index contributed by atoms with van der Waals surface area (Å²) in [5, 5.41) is 0. The number of unbranched alkanes of at least 4 members (excludes halogenated alkanes) is 9. The summed E-state index contributed by atoms with van der Waals surface area (Å²) in [6.45, 7) is 5.14. The minimum Gasteiger partial charge on any atom is -0.493 e. The molecule has 0 aliphatic heterocycles. The molecule has 0 fully saturated rings. The van der Waals surface area contributed by atoms with E-state index in [2.05, 4.69) is 13.8 Å². The van der Waals surface area contributed by atoms with Crippen molar-refractivity contribution in [2.45, 2.75) is 78.1 Å². The Morgan fingerprint density at radius 2 is 1.43 bits per heavy atom. The summed E-state index contributed by atoms with van der Waals surface area (Å²) in [4.78, 5) is 0. The highest BCUT2D eigenvalue weighted by atomic mass is 16.5. The van der Waals surface area contributed by atoms with E-state index in [0.29, 0.717) is 0 Å².